The normalized spacial score (nSPS) is 23.0. The largest absolute Gasteiger partial charge is 0.369 e. The molecule has 1 amide bonds. The minimum Gasteiger partial charge on any atom is -0.369 e. The Labute approximate surface area is 123 Å². The lowest BCUT2D eigenvalue weighted by molar-refractivity contribution is -0.119. The number of carbonyl (C=O) groups excluding carboxylic acids is 1. The summed E-state index contributed by atoms with van der Waals surface area (Å²) in [4.78, 5) is 15.7. The van der Waals surface area contributed by atoms with Crippen molar-refractivity contribution in [3.8, 4) is 0 Å². The SMILES string of the molecule is NC(=O)CN1CCC(CCCCN2CCCCC2)CC1. The average molecular weight is 281 g/mol. The molecule has 2 saturated heterocycles. The zero-order valence-electron chi connectivity index (χ0n) is 12.9. The van der Waals surface area contributed by atoms with E-state index in [9.17, 15) is 4.79 Å². The first-order valence-electron chi connectivity index (χ1n) is 8.47. The first-order chi connectivity index (χ1) is 9.74. The minimum atomic E-state index is -0.190. The molecule has 0 aromatic carbocycles. The van der Waals surface area contributed by atoms with Gasteiger partial charge < -0.3 is 10.6 Å². The quantitative estimate of drug-likeness (QED) is 0.724. The maximum absolute atomic E-state index is 10.9. The van der Waals surface area contributed by atoms with E-state index in [1.54, 1.807) is 0 Å². The summed E-state index contributed by atoms with van der Waals surface area (Å²) in [6.45, 7) is 6.51. The minimum absolute atomic E-state index is 0.190. The Kier molecular flexibility index (Phi) is 6.80. The topological polar surface area (TPSA) is 49.6 Å². The molecule has 0 saturated carbocycles. The summed E-state index contributed by atoms with van der Waals surface area (Å²) in [5.74, 6) is 0.686. The summed E-state index contributed by atoms with van der Waals surface area (Å²) < 4.78 is 0. The molecular weight excluding hydrogens is 250 g/mol. The van der Waals surface area contributed by atoms with E-state index in [0.29, 0.717) is 6.54 Å². The number of nitrogens with two attached hydrogens (primary N) is 1. The molecule has 2 aliphatic rings. The van der Waals surface area contributed by atoms with Crippen molar-refractivity contribution in [1.82, 2.24) is 9.80 Å². The number of hydrogen-bond donors (Lipinski definition) is 1. The van der Waals surface area contributed by atoms with Crippen LogP contribution in [0.15, 0.2) is 0 Å². The van der Waals surface area contributed by atoms with E-state index in [2.05, 4.69) is 9.80 Å². The number of primary amides is 1. The van der Waals surface area contributed by atoms with Crippen molar-refractivity contribution < 1.29 is 4.79 Å². The zero-order chi connectivity index (χ0) is 14.2. The average Bonchev–Trinajstić information content (AvgIpc) is 2.46. The number of amides is 1. The lowest BCUT2D eigenvalue weighted by atomic mass is 9.91. The van der Waals surface area contributed by atoms with Crippen LogP contribution in [0.2, 0.25) is 0 Å². The molecule has 2 fully saturated rings. The molecule has 0 radical (unpaired) electrons. The Bertz CT molecular complexity index is 281. The van der Waals surface area contributed by atoms with Crippen LogP contribution in [0.3, 0.4) is 0 Å². The highest BCUT2D eigenvalue weighted by Gasteiger charge is 2.19. The van der Waals surface area contributed by atoms with Crippen LogP contribution in [0.5, 0.6) is 0 Å². The number of likely N-dealkylation sites (tertiary alicyclic amines) is 2. The number of nitrogens with zero attached hydrogens (tertiary/aromatic N) is 2. The van der Waals surface area contributed by atoms with E-state index in [4.69, 9.17) is 5.73 Å². The number of carbonyl (C=O) groups is 1. The summed E-state index contributed by atoms with van der Waals surface area (Å²) in [5, 5.41) is 0. The maximum atomic E-state index is 10.9. The van der Waals surface area contributed by atoms with Gasteiger partial charge in [-0.25, -0.2) is 0 Å². The highest BCUT2D eigenvalue weighted by Crippen LogP contribution is 2.22. The van der Waals surface area contributed by atoms with Crippen LogP contribution in [0.4, 0.5) is 0 Å². The molecule has 0 aromatic heterocycles. The Hall–Kier alpha value is -0.610. The van der Waals surface area contributed by atoms with E-state index < -0.39 is 0 Å². The van der Waals surface area contributed by atoms with Gasteiger partial charge in [-0.3, -0.25) is 9.69 Å². The van der Waals surface area contributed by atoms with Gasteiger partial charge in [-0.15, -0.1) is 0 Å². The maximum Gasteiger partial charge on any atom is 0.231 e. The van der Waals surface area contributed by atoms with Crippen LogP contribution >= 0.6 is 0 Å². The van der Waals surface area contributed by atoms with E-state index in [1.165, 1.54) is 71.0 Å². The van der Waals surface area contributed by atoms with E-state index in [-0.39, 0.29) is 5.91 Å². The van der Waals surface area contributed by atoms with Crippen molar-refractivity contribution in [2.45, 2.75) is 51.4 Å². The summed E-state index contributed by atoms with van der Waals surface area (Å²) in [7, 11) is 0. The molecule has 4 nitrogen and oxygen atoms in total. The number of piperidine rings is 2. The number of rotatable bonds is 7. The van der Waals surface area contributed by atoms with E-state index >= 15 is 0 Å². The van der Waals surface area contributed by atoms with Crippen molar-refractivity contribution in [2.75, 3.05) is 39.3 Å². The fourth-order valence-electron chi connectivity index (χ4n) is 3.61. The fraction of sp³-hybridized carbons (Fsp3) is 0.938. The van der Waals surface area contributed by atoms with Gasteiger partial charge in [-0.1, -0.05) is 19.3 Å². The second kappa shape index (κ2) is 8.63. The Balaban J connectivity index is 1.49. The molecule has 0 spiro atoms. The van der Waals surface area contributed by atoms with Gasteiger partial charge in [-0.05, 0) is 70.7 Å². The first kappa shape index (κ1) is 15.8. The third-order valence-electron chi connectivity index (χ3n) is 4.87. The van der Waals surface area contributed by atoms with Crippen LogP contribution in [0.25, 0.3) is 0 Å². The van der Waals surface area contributed by atoms with Crippen LogP contribution in [-0.2, 0) is 4.79 Å². The third kappa shape index (κ3) is 5.80. The summed E-state index contributed by atoms with van der Waals surface area (Å²) in [6.07, 6.45) is 10.8. The molecule has 0 aliphatic carbocycles. The molecular formula is C16H31N3O. The first-order valence-corrected chi connectivity index (χ1v) is 8.47. The molecule has 116 valence electrons. The molecule has 2 heterocycles. The fourth-order valence-corrected chi connectivity index (χ4v) is 3.61. The third-order valence-corrected chi connectivity index (χ3v) is 4.87. The molecule has 0 atom stereocenters. The second-order valence-corrected chi connectivity index (χ2v) is 6.58. The highest BCUT2D eigenvalue weighted by molar-refractivity contribution is 5.75. The predicted molar refractivity (Wildman–Crippen MR) is 82.5 cm³/mol. The van der Waals surface area contributed by atoms with Gasteiger partial charge in [-0.2, -0.15) is 0 Å². The zero-order valence-corrected chi connectivity index (χ0v) is 12.9. The Morgan fingerprint density at radius 2 is 1.65 bits per heavy atom. The van der Waals surface area contributed by atoms with E-state index in [0.717, 1.165) is 19.0 Å². The van der Waals surface area contributed by atoms with Gasteiger partial charge in [0.25, 0.3) is 0 Å². The van der Waals surface area contributed by atoms with Crippen molar-refractivity contribution in [3.63, 3.8) is 0 Å². The van der Waals surface area contributed by atoms with Crippen LogP contribution in [-0.4, -0.2) is 55.0 Å². The van der Waals surface area contributed by atoms with E-state index in [1.807, 2.05) is 0 Å². The monoisotopic (exact) mass is 281 g/mol. The van der Waals surface area contributed by atoms with Gasteiger partial charge in [0, 0.05) is 0 Å². The Morgan fingerprint density at radius 1 is 0.950 bits per heavy atom. The van der Waals surface area contributed by atoms with Crippen molar-refractivity contribution >= 4 is 5.91 Å². The smallest absolute Gasteiger partial charge is 0.231 e. The van der Waals surface area contributed by atoms with Gasteiger partial charge in [0.05, 0.1) is 6.54 Å². The summed E-state index contributed by atoms with van der Waals surface area (Å²) >= 11 is 0. The van der Waals surface area contributed by atoms with Crippen LogP contribution in [0.1, 0.15) is 51.4 Å². The van der Waals surface area contributed by atoms with Gasteiger partial charge in [0.2, 0.25) is 5.91 Å². The van der Waals surface area contributed by atoms with Crippen LogP contribution < -0.4 is 5.73 Å². The highest BCUT2D eigenvalue weighted by atomic mass is 16.1. The molecule has 4 heteroatoms. The molecule has 2 N–H and O–H groups in total. The van der Waals surface area contributed by atoms with Crippen LogP contribution in [0, 0.1) is 5.92 Å². The second-order valence-electron chi connectivity index (χ2n) is 6.58. The lowest BCUT2D eigenvalue weighted by Gasteiger charge is -2.31. The lowest BCUT2D eigenvalue weighted by Crippen LogP contribution is -2.39. The number of hydrogen-bond acceptors (Lipinski definition) is 3. The molecule has 0 aromatic rings. The summed E-state index contributed by atoms with van der Waals surface area (Å²) in [6, 6.07) is 0. The molecule has 0 unspecified atom stereocenters. The summed E-state index contributed by atoms with van der Waals surface area (Å²) in [5.41, 5.74) is 5.24. The molecule has 20 heavy (non-hydrogen) atoms. The van der Waals surface area contributed by atoms with Crippen molar-refractivity contribution in [1.29, 1.82) is 0 Å². The van der Waals surface area contributed by atoms with Gasteiger partial charge in [0.1, 0.15) is 0 Å². The van der Waals surface area contributed by atoms with Crippen molar-refractivity contribution in [2.24, 2.45) is 11.7 Å². The van der Waals surface area contributed by atoms with Crippen molar-refractivity contribution in [3.05, 3.63) is 0 Å². The molecule has 2 aliphatic heterocycles. The molecule has 2 rings (SSSR count). The standard InChI is InChI=1S/C16H31N3O/c17-16(20)14-19-12-7-15(8-13-19)6-2-5-11-18-9-3-1-4-10-18/h15H,1-14H2,(H2,17,20). The predicted octanol–water partition coefficient (Wildman–Crippen LogP) is 1.84. The molecule has 0 bridgehead atoms. The van der Waals surface area contributed by atoms with Gasteiger partial charge in [0.15, 0.2) is 0 Å². The van der Waals surface area contributed by atoms with Gasteiger partial charge >= 0.3 is 0 Å². The number of unbranched alkanes of at least 4 members (excludes halogenated alkanes) is 1. The Morgan fingerprint density at radius 3 is 2.30 bits per heavy atom.